The average molecular weight is 253 g/mol. The maximum absolute atomic E-state index is 10.9. The highest BCUT2D eigenvalue weighted by atomic mass is 16.6. The van der Waals surface area contributed by atoms with E-state index in [1.165, 1.54) is 6.33 Å². The normalized spacial score (nSPS) is 17.6. The molecule has 1 saturated heterocycles. The molecule has 8 heteroatoms. The third-order valence-corrected chi connectivity index (χ3v) is 2.94. The van der Waals surface area contributed by atoms with Crippen molar-refractivity contribution in [3.05, 3.63) is 16.4 Å². The van der Waals surface area contributed by atoms with Gasteiger partial charge in [0.15, 0.2) is 0 Å². The van der Waals surface area contributed by atoms with E-state index in [1.54, 1.807) is 0 Å². The van der Waals surface area contributed by atoms with Crippen LogP contribution in [-0.4, -0.2) is 46.0 Å². The number of nitrogens with zero attached hydrogens (tertiary/aromatic N) is 4. The minimum Gasteiger partial charge on any atom is -0.469 e. The second kappa shape index (κ2) is 5.13. The van der Waals surface area contributed by atoms with Crippen molar-refractivity contribution in [2.24, 2.45) is 0 Å². The van der Waals surface area contributed by atoms with E-state index in [9.17, 15) is 10.1 Å². The number of ether oxygens (including phenoxy) is 1. The average Bonchev–Trinajstić information content (AvgIpc) is 2.32. The van der Waals surface area contributed by atoms with Gasteiger partial charge in [-0.15, -0.1) is 0 Å². The minimum absolute atomic E-state index is 0.0398. The molecule has 0 spiro atoms. The van der Waals surface area contributed by atoms with Crippen molar-refractivity contribution < 1.29 is 9.66 Å². The van der Waals surface area contributed by atoms with E-state index in [0.717, 1.165) is 25.9 Å². The van der Waals surface area contributed by atoms with Crippen molar-refractivity contribution in [1.29, 1.82) is 0 Å². The largest absolute Gasteiger partial charge is 0.469 e. The molecule has 0 atom stereocenters. The molecule has 0 saturated carbocycles. The molecule has 1 aliphatic heterocycles. The van der Waals surface area contributed by atoms with E-state index in [-0.39, 0.29) is 23.5 Å². The van der Waals surface area contributed by atoms with E-state index in [2.05, 4.69) is 14.9 Å². The first-order valence-corrected chi connectivity index (χ1v) is 5.68. The quantitative estimate of drug-likeness (QED) is 0.615. The molecule has 18 heavy (non-hydrogen) atoms. The fraction of sp³-hybridized carbons (Fsp3) is 0.600. The third kappa shape index (κ3) is 2.65. The molecule has 2 rings (SSSR count). The summed E-state index contributed by atoms with van der Waals surface area (Å²) in [7, 11) is 2.03. The summed E-state index contributed by atoms with van der Waals surface area (Å²) in [5, 5.41) is 10.9. The van der Waals surface area contributed by atoms with Gasteiger partial charge < -0.3 is 15.4 Å². The first-order chi connectivity index (χ1) is 8.58. The molecule has 1 aromatic rings. The molecule has 0 unspecified atom stereocenters. The standard InChI is InChI=1S/C10H15N5O3/c1-14-4-2-7(3-5-14)18-10-8(15(16)17)9(11)12-6-13-10/h6-7H,2-5H2,1H3,(H2,11,12,13). The van der Waals surface area contributed by atoms with Gasteiger partial charge in [-0.25, -0.2) is 4.98 Å². The summed E-state index contributed by atoms with van der Waals surface area (Å²) in [4.78, 5) is 19.9. The lowest BCUT2D eigenvalue weighted by atomic mass is 10.1. The Labute approximate surface area is 104 Å². The minimum atomic E-state index is -0.611. The molecule has 2 heterocycles. The molecule has 8 nitrogen and oxygen atoms in total. The third-order valence-electron chi connectivity index (χ3n) is 2.94. The number of aromatic nitrogens is 2. The van der Waals surface area contributed by atoms with Gasteiger partial charge in [0, 0.05) is 13.1 Å². The van der Waals surface area contributed by atoms with Crippen LogP contribution in [0.25, 0.3) is 0 Å². The Morgan fingerprint density at radius 2 is 2.17 bits per heavy atom. The zero-order valence-corrected chi connectivity index (χ0v) is 10.1. The summed E-state index contributed by atoms with van der Waals surface area (Å²) in [5.41, 5.74) is 5.12. The summed E-state index contributed by atoms with van der Waals surface area (Å²) in [6.45, 7) is 1.80. The second-order valence-corrected chi connectivity index (χ2v) is 4.29. The first-order valence-electron chi connectivity index (χ1n) is 5.68. The zero-order chi connectivity index (χ0) is 13.1. The Kier molecular flexibility index (Phi) is 3.56. The van der Waals surface area contributed by atoms with Crippen LogP contribution in [0.4, 0.5) is 11.5 Å². The van der Waals surface area contributed by atoms with Gasteiger partial charge in [0.2, 0.25) is 5.82 Å². The molecule has 2 N–H and O–H groups in total. The molecule has 0 radical (unpaired) electrons. The van der Waals surface area contributed by atoms with Crippen LogP contribution in [-0.2, 0) is 0 Å². The van der Waals surface area contributed by atoms with Crippen LogP contribution in [0, 0.1) is 10.1 Å². The maximum atomic E-state index is 10.9. The topological polar surface area (TPSA) is 107 Å². The van der Waals surface area contributed by atoms with Crippen LogP contribution < -0.4 is 10.5 Å². The molecule has 0 bridgehead atoms. The fourth-order valence-corrected chi connectivity index (χ4v) is 1.89. The number of hydrogen-bond donors (Lipinski definition) is 1. The number of piperidine rings is 1. The number of rotatable bonds is 3. The first kappa shape index (κ1) is 12.5. The Hall–Kier alpha value is -1.96. The smallest absolute Gasteiger partial charge is 0.372 e. The number of anilines is 1. The Morgan fingerprint density at radius 1 is 1.50 bits per heavy atom. The van der Waals surface area contributed by atoms with Crippen molar-refractivity contribution in [2.45, 2.75) is 18.9 Å². The van der Waals surface area contributed by atoms with Gasteiger partial charge in [-0.1, -0.05) is 0 Å². The summed E-state index contributed by atoms with van der Waals surface area (Å²) in [6, 6.07) is 0. The number of likely N-dealkylation sites (tertiary alicyclic amines) is 1. The molecule has 0 aliphatic carbocycles. The number of hydrogen-bond acceptors (Lipinski definition) is 7. The summed E-state index contributed by atoms with van der Waals surface area (Å²) in [6.07, 6.45) is 2.75. The molecule has 1 aliphatic rings. The van der Waals surface area contributed by atoms with E-state index >= 15 is 0 Å². The molecule has 98 valence electrons. The van der Waals surface area contributed by atoms with E-state index in [0.29, 0.717) is 0 Å². The molecule has 1 fully saturated rings. The van der Waals surface area contributed by atoms with Gasteiger partial charge in [-0.3, -0.25) is 10.1 Å². The monoisotopic (exact) mass is 253 g/mol. The lowest BCUT2D eigenvalue weighted by Crippen LogP contribution is -2.35. The van der Waals surface area contributed by atoms with Crippen molar-refractivity contribution in [2.75, 3.05) is 25.9 Å². The van der Waals surface area contributed by atoms with Gasteiger partial charge >= 0.3 is 5.69 Å². The van der Waals surface area contributed by atoms with Gasteiger partial charge in [0.1, 0.15) is 12.4 Å². The fourth-order valence-electron chi connectivity index (χ4n) is 1.89. The van der Waals surface area contributed by atoms with E-state index in [1.807, 2.05) is 7.05 Å². The Morgan fingerprint density at radius 3 is 2.78 bits per heavy atom. The summed E-state index contributed by atoms with van der Waals surface area (Å²) >= 11 is 0. The molecular formula is C10H15N5O3. The van der Waals surface area contributed by atoms with Crippen molar-refractivity contribution in [3.63, 3.8) is 0 Å². The van der Waals surface area contributed by atoms with Crippen molar-refractivity contribution >= 4 is 11.5 Å². The lowest BCUT2D eigenvalue weighted by Gasteiger charge is -2.28. The molecule has 0 amide bonds. The summed E-state index contributed by atoms with van der Waals surface area (Å²) in [5.74, 6) is -0.208. The highest BCUT2D eigenvalue weighted by molar-refractivity contribution is 5.57. The molecule has 1 aromatic heterocycles. The Bertz CT molecular complexity index is 445. The number of nitro groups is 1. The highest BCUT2D eigenvalue weighted by Crippen LogP contribution is 2.30. The lowest BCUT2D eigenvalue weighted by molar-refractivity contribution is -0.385. The molecular weight excluding hydrogens is 238 g/mol. The highest BCUT2D eigenvalue weighted by Gasteiger charge is 2.26. The van der Waals surface area contributed by atoms with E-state index < -0.39 is 4.92 Å². The maximum Gasteiger partial charge on any atom is 0.372 e. The van der Waals surface area contributed by atoms with Crippen molar-refractivity contribution in [3.8, 4) is 5.88 Å². The second-order valence-electron chi connectivity index (χ2n) is 4.29. The van der Waals surface area contributed by atoms with Gasteiger partial charge in [-0.05, 0) is 19.9 Å². The van der Waals surface area contributed by atoms with Crippen LogP contribution in [0.2, 0.25) is 0 Å². The number of nitrogen functional groups attached to an aromatic ring is 1. The van der Waals surface area contributed by atoms with Gasteiger partial charge in [0.25, 0.3) is 5.88 Å². The van der Waals surface area contributed by atoms with Crippen LogP contribution in [0.3, 0.4) is 0 Å². The van der Waals surface area contributed by atoms with Crippen LogP contribution in [0.15, 0.2) is 6.33 Å². The van der Waals surface area contributed by atoms with E-state index in [4.69, 9.17) is 10.5 Å². The van der Waals surface area contributed by atoms with Gasteiger partial charge in [-0.2, -0.15) is 4.98 Å². The number of nitrogens with two attached hydrogens (primary N) is 1. The SMILES string of the molecule is CN1CCC(Oc2ncnc(N)c2[N+](=O)[O-])CC1. The van der Waals surface area contributed by atoms with Crippen molar-refractivity contribution in [1.82, 2.24) is 14.9 Å². The predicted molar refractivity (Wildman–Crippen MR) is 64.2 cm³/mol. The predicted octanol–water partition coefficient (Wildman–Crippen LogP) is 0.440. The van der Waals surface area contributed by atoms with Gasteiger partial charge in [0.05, 0.1) is 4.92 Å². The molecule has 0 aromatic carbocycles. The van der Waals surface area contributed by atoms with Crippen LogP contribution >= 0.6 is 0 Å². The summed E-state index contributed by atoms with van der Waals surface area (Å²) < 4.78 is 5.58. The van der Waals surface area contributed by atoms with Crippen LogP contribution in [0.1, 0.15) is 12.8 Å². The Balaban J connectivity index is 2.14. The zero-order valence-electron chi connectivity index (χ0n) is 10.1. The van der Waals surface area contributed by atoms with Crippen LogP contribution in [0.5, 0.6) is 5.88 Å².